The van der Waals surface area contributed by atoms with E-state index in [-0.39, 0.29) is 5.76 Å². The fraction of sp³-hybridized carbons (Fsp3) is 0.182. The molecule has 2 aromatic rings. The molecule has 0 saturated carbocycles. The van der Waals surface area contributed by atoms with Gasteiger partial charge in [-0.15, -0.1) is 0 Å². The van der Waals surface area contributed by atoms with E-state index >= 15 is 0 Å². The van der Waals surface area contributed by atoms with Gasteiger partial charge in [0.25, 0.3) is 0 Å². The van der Waals surface area contributed by atoms with Gasteiger partial charge in [0, 0.05) is 10.9 Å². The average Bonchev–Trinajstić information content (AvgIpc) is 2.56. The van der Waals surface area contributed by atoms with Gasteiger partial charge in [-0.05, 0) is 34.5 Å². The van der Waals surface area contributed by atoms with Gasteiger partial charge in [0.1, 0.15) is 11.4 Å². The van der Waals surface area contributed by atoms with Gasteiger partial charge in [-0.1, -0.05) is 6.92 Å². The van der Waals surface area contributed by atoms with Crippen molar-refractivity contribution >= 4 is 32.9 Å². The molecule has 0 aliphatic heterocycles. The lowest BCUT2D eigenvalue weighted by atomic mass is 10.1. The first-order valence-corrected chi connectivity index (χ1v) is 5.47. The molecule has 0 unspecified atom stereocenters. The van der Waals surface area contributed by atoms with Gasteiger partial charge in [0.2, 0.25) is 5.76 Å². The number of rotatable bonds is 2. The highest BCUT2D eigenvalue weighted by molar-refractivity contribution is 9.10. The average molecular weight is 287 g/mol. The SMILES string of the molecule is CCc1c(C(=O)O)oc2c(Br)cc(F)cc12. The van der Waals surface area contributed by atoms with Crippen LogP contribution in [0, 0.1) is 5.82 Å². The first kappa shape index (κ1) is 11.1. The van der Waals surface area contributed by atoms with Crippen LogP contribution in [-0.4, -0.2) is 11.1 Å². The number of halogens is 2. The number of carbonyl (C=O) groups is 1. The predicted octanol–water partition coefficient (Wildman–Crippen LogP) is 3.60. The van der Waals surface area contributed by atoms with Gasteiger partial charge in [0.05, 0.1) is 4.47 Å². The number of fused-ring (bicyclic) bond motifs is 1. The quantitative estimate of drug-likeness (QED) is 0.918. The fourth-order valence-corrected chi connectivity index (χ4v) is 2.21. The van der Waals surface area contributed by atoms with Crippen molar-refractivity contribution in [2.45, 2.75) is 13.3 Å². The molecule has 0 radical (unpaired) electrons. The maximum Gasteiger partial charge on any atom is 0.372 e. The lowest BCUT2D eigenvalue weighted by Gasteiger charge is -1.95. The predicted molar refractivity (Wildman–Crippen MR) is 60.2 cm³/mol. The van der Waals surface area contributed by atoms with Crippen molar-refractivity contribution in [2.75, 3.05) is 0 Å². The Labute approximate surface area is 99.0 Å². The number of carboxylic acid groups (broad SMARTS) is 1. The zero-order chi connectivity index (χ0) is 11.9. The second-order valence-corrected chi connectivity index (χ2v) is 4.19. The van der Waals surface area contributed by atoms with Gasteiger partial charge in [-0.2, -0.15) is 0 Å². The third-order valence-corrected chi connectivity index (χ3v) is 2.95. The van der Waals surface area contributed by atoms with Crippen molar-refractivity contribution in [1.29, 1.82) is 0 Å². The summed E-state index contributed by atoms with van der Waals surface area (Å²) in [5.41, 5.74) is 0.887. The summed E-state index contributed by atoms with van der Waals surface area (Å²) in [4.78, 5) is 10.9. The number of aryl methyl sites for hydroxylation is 1. The van der Waals surface area contributed by atoms with Gasteiger partial charge in [-0.25, -0.2) is 9.18 Å². The summed E-state index contributed by atoms with van der Waals surface area (Å²) >= 11 is 3.15. The Morgan fingerprint density at radius 3 is 2.81 bits per heavy atom. The molecule has 1 heterocycles. The van der Waals surface area contributed by atoms with Gasteiger partial charge < -0.3 is 9.52 Å². The van der Waals surface area contributed by atoms with E-state index in [0.29, 0.717) is 27.4 Å². The molecule has 0 amide bonds. The summed E-state index contributed by atoms with van der Waals surface area (Å²) < 4.78 is 18.9. The summed E-state index contributed by atoms with van der Waals surface area (Å²) in [5, 5.41) is 9.46. The van der Waals surface area contributed by atoms with Crippen LogP contribution in [0.1, 0.15) is 23.0 Å². The van der Waals surface area contributed by atoms with E-state index in [1.165, 1.54) is 12.1 Å². The third kappa shape index (κ3) is 1.61. The van der Waals surface area contributed by atoms with Crippen LogP contribution in [0.15, 0.2) is 21.0 Å². The van der Waals surface area contributed by atoms with E-state index in [9.17, 15) is 9.18 Å². The molecule has 1 aromatic heterocycles. The number of aromatic carboxylic acids is 1. The molecule has 1 aromatic carbocycles. The van der Waals surface area contributed by atoms with Crippen LogP contribution in [-0.2, 0) is 6.42 Å². The van der Waals surface area contributed by atoms with E-state index in [4.69, 9.17) is 9.52 Å². The Hall–Kier alpha value is -1.36. The molecule has 5 heteroatoms. The number of hydrogen-bond donors (Lipinski definition) is 1. The number of furan rings is 1. The van der Waals surface area contributed by atoms with Crippen LogP contribution in [0.5, 0.6) is 0 Å². The zero-order valence-electron chi connectivity index (χ0n) is 8.38. The highest BCUT2D eigenvalue weighted by atomic mass is 79.9. The second kappa shape index (κ2) is 3.90. The van der Waals surface area contributed by atoms with E-state index < -0.39 is 11.8 Å². The molecule has 0 spiro atoms. The van der Waals surface area contributed by atoms with Crippen molar-refractivity contribution in [3.8, 4) is 0 Å². The van der Waals surface area contributed by atoms with E-state index in [0.717, 1.165) is 0 Å². The standard InChI is InChI=1S/C11H8BrFO3/c1-2-6-7-3-5(13)4-8(12)9(7)16-10(6)11(14)15/h3-4H,2H2,1H3,(H,14,15). The number of carboxylic acids is 1. The highest BCUT2D eigenvalue weighted by Gasteiger charge is 2.20. The van der Waals surface area contributed by atoms with Gasteiger partial charge in [0.15, 0.2) is 0 Å². The topological polar surface area (TPSA) is 50.4 Å². The highest BCUT2D eigenvalue weighted by Crippen LogP contribution is 2.32. The minimum absolute atomic E-state index is 0.121. The van der Waals surface area contributed by atoms with E-state index in [1.807, 2.05) is 0 Å². The molecule has 0 fully saturated rings. The normalized spacial score (nSPS) is 10.9. The lowest BCUT2D eigenvalue weighted by Crippen LogP contribution is -1.97. The summed E-state index contributed by atoms with van der Waals surface area (Å²) in [5.74, 6) is -1.68. The van der Waals surface area contributed by atoms with E-state index in [2.05, 4.69) is 15.9 Å². The molecule has 84 valence electrons. The van der Waals surface area contributed by atoms with E-state index in [1.54, 1.807) is 6.92 Å². The van der Waals surface area contributed by atoms with Crippen molar-refractivity contribution in [2.24, 2.45) is 0 Å². The van der Waals surface area contributed by atoms with Crippen LogP contribution < -0.4 is 0 Å². The monoisotopic (exact) mass is 286 g/mol. The lowest BCUT2D eigenvalue weighted by molar-refractivity contribution is 0.0663. The first-order valence-electron chi connectivity index (χ1n) is 4.68. The molecule has 0 aliphatic rings. The van der Waals surface area contributed by atoms with Crippen LogP contribution in [0.25, 0.3) is 11.0 Å². The zero-order valence-corrected chi connectivity index (χ0v) is 9.97. The third-order valence-electron chi connectivity index (χ3n) is 2.36. The minimum Gasteiger partial charge on any atom is -0.475 e. The Kier molecular flexibility index (Phi) is 2.71. The molecular formula is C11H8BrFO3. The number of hydrogen-bond acceptors (Lipinski definition) is 2. The van der Waals surface area contributed by atoms with Crippen molar-refractivity contribution < 1.29 is 18.7 Å². The Morgan fingerprint density at radius 1 is 1.56 bits per heavy atom. The van der Waals surface area contributed by atoms with Crippen LogP contribution in [0.2, 0.25) is 0 Å². The molecule has 16 heavy (non-hydrogen) atoms. The molecule has 2 rings (SSSR count). The molecule has 3 nitrogen and oxygen atoms in total. The van der Waals surface area contributed by atoms with Crippen LogP contribution >= 0.6 is 15.9 Å². The van der Waals surface area contributed by atoms with Crippen molar-refractivity contribution in [3.63, 3.8) is 0 Å². The van der Waals surface area contributed by atoms with Crippen molar-refractivity contribution in [1.82, 2.24) is 0 Å². The molecule has 1 N–H and O–H groups in total. The summed E-state index contributed by atoms with van der Waals surface area (Å²) in [6.07, 6.45) is 0.477. The molecule has 0 atom stereocenters. The minimum atomic E-state index is -1.14. The Morgan fingerprint density at radius 2 is 2.25 bits per heavy atom. The molecule has 0 saturated heterocycles. The summed E-state index contributed by atoms with van der Waals surface area (Å²) in [7, 11) is 0. The fourth-order valence-electron chi connectivity index (χ4n) is 1.70. The van der Waals surface area contributed by atoms with Gasteiger partial charge in [-0.3, -0.25) is 0 Å². The second-order valence-electron chi connectivity index (χ2n) is 3.33. The maximum absolute atomic E-state index is 13.2. The number of benzene rings is 1. The Bertz CT molecular complexity index is 574. The molecule has 0 aliphatic carbocycles. The maximum atomic E-state index is 13.2. The molecule has 0 bridgehead atoms. The first-order chi connectivity index (χ1) is 7.54. The largest absolute Gasteiger partial charge is 0.475 e. The van der Waals surface area contributed by atoms with Crippen LogP contribution in [0.3, 0.4) is 0 Å². The molecular weight excluding hydrogens is 279 g/mol. The van der Waals surface area contributed by atoms with Crippen molar-refractivity contribution in [3.05, 3.63) is 33.7 Å². The van der Waals surface area contributed by atoms with Gasteiger partial charge >= 0.3 is 5.97 Å². The smallest absolute Gasteiger partial charge is 0.372 e. The Balaban J connectivity index is 2.87. The van der Waals surface area contributed by atoms with Crippen LogP contribution in [0.4, 0.5) is 4.39 Å². The summed E-state index contributed by atoms with van der Waals surface area (Å²) in [6.45, 7) is 1.80. The summed E-state index contributed by atoms with van der Waals surface area (Å²) in [6, 6.07) is 2.53.